The van der Waals surface area contributed by atoms with Crippen molar-refractivity contribution in [3.05, 3.63) is 35.4 Å². The Balaban J connectivity index is 1.81. The van der Waals surface area contributed by atoms with Crippen LogP contribution in [0.25, 0.3) is 0 Å². The van der Waals surface area contributed by atoms with Gasteiger partial charge in [-0.3, -0.25) is 14.6 Å². The molecule has 0 radical (unpaired) electrons. The summed E-state index contributed by atoms with van der Waals surface area (Å²) in [5.74, 6) is -0.207. The first kappa shape index (κ1) is 10.4. The molecule has 0 spiro atoms. The number of hydrogen-bond acceptors (Lipinski definition) is 3. The van der Waals surface area contributed by atoms with Gasteiger partial charge in [0, 0.05) is 23.9 Å². The van der Waals surface area contributed by atoms with E-state index in [9.17, 15) is 9.59 Å². The fourth-order valence-corrected chi connectivity index (χ4v) is 2.12. The van der Waals surface area contributed by atoms with Crippen LogP contribution in [-0.2, 0) is 0 Å². The second kappa shape index (κ2) is 3.91. The zero-order valence-electron chi connectivity index (χ0n) is 9.43. The maximum absolute atomic E-state index is 12.0. The molecule has 3 rings (SSSR count). The molecule has 3 nitrogen and oxygen atoms in total. The molecule has 0 aromatic heterocycles. The fourth-order valence-electron chi connectivity index (χ4n) is 2.12. The van der Waals surface area contributed by atoms with E-state index in [1.807, 2.05) is 0 Å². The number of Topliss-reactive ketones (excluding diaryl/α,β-unsaturated/α-hetero) is 2. The predicted molar refractivity (Wildman–Crippen MR) is 64.7 cm³/mol. The van der Waals surface area contributed by atoms with Gasteiger partial charge in [-0.2, -0.15) is 0 Å². The lowest BCUT2D eigenvalue weighted by Gasteiger charge is -1.97. The van der Waals surface area contributed by atoms with Crippen LogP contribution in [0.15, 0.2) is 29.3 Å². The molecule has 0 aliphatic heterocycles. The largest absolute Gasteiger partial charge is 0.296 e. The van der Waals surface area contributed by atoms with Crippen molar-refractivity contribution in [2.45, 2.75) is 12.8 Å². The Morgan fingerprint density at radius 3 is 2.24 bits per heavy atom. The molecule has 0 atom stereocenters. The number of rotatable bonds is 3. The Morgan fingerprint density at radius 2 is 1.71 bits per heavy atom. The highest BCUT2D eigenvalue weighted by atomic mass is 16.2. The van der Waals surface area contributed by atoms with Crippen molar-refractivity contribution in [2.24, 2.45) is 16.8 Å². The van der Waals surface area contributed by atoms with Gasteiger partial charge in [0.05, 0.1) is 0 Å². The molecule has 2 aliphatic carbocycles. The van der Waals surface area contributed by atoms with Crippen molar-refractivity contribution in [3.8, 4) is 0 Å². The highest BCUT2D eigenvalue weighted by Crippen LogP contribution is 2.29. The third-order valence-corrected chi connectivity index (χ3v) is 3.34. The zero-order chi connectivity index (χ0) is 11.8. The van der Waals surface area contributed by atoms with Crippen molar-refractivity contribution in [2.75, 3.05) is 6.54 Å². The van der Waals surface area contributed by atoms with Gasteiger partial charge < -0.3 is 0 Å². The minimum absolute atomic E-state index is 0.106. The van der Waals surface area contributed by atoms with Gasteiger partial charge in [0.25, 0.3) is 0 Å². The number of carbonyl (C=O) groups is 2. The second-order valence-corrected chi connectivity index (χ2v) is 4.71. The van der Waals surface area contributed by atoms with Crippen molar-refractivity contribution in [3.63, 3.8) is 0 Å². The molecule has 1 fully saturated rings. The number of carbonyl (C=O) groups excluding carboxylic acids is 2. The second-order valence-electron chi connectivity index (χ2n) is 4.71. The van der Waals surface area contributed by atoms with Gasteiger partial charge >= 0.3 is 0 Å². The fraction of sp³-hybridized carbons (Fsp3) is 0.357. The standard InChI is InChI=1S/C14H13NO2/c16-13-10-3-1-2-4-11(10)14(17)12(13)8-15-7-9-5-6-9/h1-4,8-9,12H,5-7H2. The average Bonchev–Trinajstić information content (AvgIpc) is 3.13. The molecule has 86 valence electrons. The number of hydrogen-bond donors (Lipinski definition) is 0. The van der Waals surface area contributed by atoms with E-state index >= 15 is 0 Å². The van der Waals surface area contributed by atoms with Crippen LogP contribution in [0.2, 0.25) is 0 Å². The van der Waals surface area contributed by atoms with E-state index in [0.717, 1.165) is 6.54 Å². The number of nitrogens with zero attached hydrogens (tertiary/aromatic N) is 1. The third kappa shape index (κ3) is 1.82. The van der Waals surface area contributed by atoms with Crippen LogP contribution in [-0.4, -0.2) is 24.3 Å². The monoisotopic (exact) mass is 227 g/mol. The highest BCUT2D eigenvalue weighted by molar-refractivity contribution is 6.33. The Morgan fingerprint density at radius 1 is 1.12 bits per heavy atom. The van der Waals surface area contributed by atoms with E-state index in [4.69, 9.17) is 0 Å². The summed E-state index contributed by atoms with van der Waals surface area (Å²) in [5.41, 5.74) is 1.08. The Hall–Kier alpha value is -1.77. The quantitative estimate of drug-likeness (QED) is 0.586. The van der Waals surface area contributed by atoms with Gasteiger partial charge in [0.1, 0.15) is 5.92 Å². The van der Waals surface area contributed by atoms with Crippen LogP contribution in [0, 0.1) is 11.8 Å². The van der Waals surface area contributed by atoms with Crippen molar-refractivity contribution in [1.29, 1.82) is 0 Å². The zero-order valence-corrected chi connectivity index (χ0v) is 9.43. The van der Waals surface area contributed by atoms with E-state index in [0.29, 0.717) is 17.0 Å². The molecule has 1 aromatic rings. The molecular formula is C14H13NO2. The van der Waals surface area contributed by atoms with E-state index in [1.54, 1.807) is 30.5 Å². The minimum Gasteiger partial charge on any atom is -0.296 e. The molecule has 0 heterocycles. The van der Waals surface area contributed by atoms with Gasteiger partial charge in [0.2, 0.25) is 0 Å². The summed E-state index contributed by atoms with van der Waals surface area (Å²) in [6.45, 7) is 0.757. The van der Waals surface area contributed by atoms with Crippen LogP contribution in [0.1, 0.15) is 33.6 Å². The Bertz CT molecular complexity index is 480. The average molecular weight is 227 g/mol. The summed E-state index contributed by atoms with van der Waals surface area (Å²) < 4.78 is 0. The lowest BCUT2D eigenvalue weighted by molar-refractivity contribution is 0.0886. The SMILES string of the molecule is O=C1c2ccccc2C(=O)C1C=NCC1CC1. The van der Waals surface area contributed by atoms with Crippen LogP contribution < -0.4 is 0 Å². The van der Waals surface area contributed by atoms with Crippen molar-refractivity contribution >= 4 is 17.8 Å². The Kier molecular flexibility index (Phi) is 2.39. The van der Waals surface area contributed by atoms with Gasteiger partial charge in [-0.25, -0.2) is 0 Å². The van der Waals surface area contributed by atoms with Gasteiger partial charge in [0.15, 0.2) is 11.6 Å². The normalized spacial score (nSPS) is 20.2. The topological polar surface area (TPSA) is 46.5 Å². The first-order chi connectivity index (χ1) is 8.27. The van der Waals surface area contributed by atoms with Crippen LogP contribution in [0.5, 0.6) is 0 Å². The molecule has 0 N–H and O–H groups in total. The van der Waals surface area contributed by atoms with Crippen molar-refractivity contribution < 1.29 is 9.59 Å². The van der Waals surface area contributed by atoms with E-state index in [-0.39, 0.29) is 11.6 Å². The third-order valence-electron chi connectivity index (χ3n) is 3.34. The van der Waals surface area contributed by atoms with Crippen LogP contribution in [0.3, 0.4) is 0 Å². The smallest absolute Gasteiger partial charge is 0.179 e. The predicted octanol–water partition coefficient (Wildman–Crippen LogP) is 2.16. The first-order valence-electron chi connectivity index (χ1n) is 5.95. The summed E-state index contributed by atoms with van der Waals surface area (Å²) >= 11 is 0. The molecule has 3 heteroatoms. The summed E-state index contributed by atoms with van der Waals surface area (Å²) in [5, 5.41) is 0. The molecule has 0 bridgehead atoms. The van der Waals surface area contributed by atoms with E-state index < -0.39 is 5.92 Å². The summed E-state index contributed by atoms with van der Waals surface area (Å²) in [6.07, 6.45) is 4.00. The first-order valence-corrected chi connectivity index (χ1v) is 5.95. The molecule has 1 saturated carbocycles. The molecule has 2 aliphatic rings. The molecule has 17 heavy (non-hydrogen) atoms. The summed E-state index contributed by atoms with van der Waals surface area (Å²) in [7, 11) is 0. The molecular weight excluding hydrogens is 214 g/mol. The lowest BCUT2D eigenvalue weighted by Crippen LogP contribution is -2.16. The van der Waals surface area contributed by atoms with E-state index in [2.05, 4.69) is 4.99 Å². The maximum atomic E-state index is 12.0. The summed E-state index contributed by atoms with van der Waals surface area (Å²) in [4.78, 5) is 28.2. The van der Waals surface area contributed by atoms with Crippen molar-refractivity contribution in [1.82, 2.24) is 0 Å². The lowest BCUT2D eigenvalue weighted by atomic mass is 10.1. The van der Waals surface area contributed by atoms with Crippen LogP contribution >= 0.6 is 0 Å². The van der Waals surface area contributed by atoms with Gasteiger partial charge in [-0.05, 0) is 18.8 Å². The number of ketones is 2. The van der Waals surface area contributed by atoms with Gasteiger partial charge in [-0.15, -0.1) is 0 Å². The Labute approximate surface area is 99.6 Å². The van der Waals surface area contributed by atoms with Crippen LogP contribution in [0.4, 0.5) is 0 Å². The maximum Gasteiger partial charge on any atom is 0.179 e. The summed E-state index contributed by atoms with van der Waals surface area (Å²) in [6, 6.07) is 7.00. The number of aliphatic imine (C=N–C) groups is 1. The van der Waals surface area contributed by atoms with E-state index in [1.165, 1.54) is 12.8 Å². The number of benzene rings is 1. The molecule has 0 saturated heterocycles. The molecule has 1 aromatic carbocycles. The molecule has 0 unspecified atom stereocenters. The van der Waals surface area contributed by atoms with Gasteiger partial charge in [-0.1, -0.05) is 24.3 Å². The number of fused-ring (bicyclic) bond motifs is 1. The minimum atomic E-state index is -0.675. The highest BCUT2D eigenvalue weighted by Gasteiger charge is 2.37. The molecule has 0 amide bonds.